The van der Waals surface area contributed by atoms with Crippen LogP contribution in [0.3, 0.4) is 0 Å². The summed E-state index contributed by atoms with van der Waals surface area (Å²) in [6.45, 7) is 0.845. The van der Waals surface area contributed by atoms with Gasteiger partial charge in [0.2, 0.25) is 15.9 Å². The van der Waals surface area contributed by atoms with Crippen molar-refractivity contribution in [2.75, 3.05) is 35.5 Å². The summed E-state index contributed by atoms with van der Waals surface area (Å²) in [6, 6.07) is 11.4. The van der Waals surface area contributed by atoms with Gasteiger partial charge in [0.25, 0.3) is 5.91 Å². The highest BCUT2D eigenvalue weighted by atomic mass is 32.2. The highest BCUT2D eigenvalue weighted by molar-refractivity contribution is 7.92. The minimum absolute atomic E-state index is 0.170. The first-order chi connectivity index (χ1) is 13.8. The summed E-state index contributed by atoms with van der Waals surface area (Å²) in [6.07, 6.45) is 2.86. The third-order valence-electron chi connectivity index (χ3n) is 4.63. The molecule has 0 bridgehead atoms. The van der Waals surface area contributed by atoms with Crippen LogP contribution in [0.4, 0.5) is 15.8 Å². The summed E-state index contributed by atoms with van der Waals surface area (Å²) >= 11 is 0. The molecule has 9 heteroatoms. The van der Waals surface area contributed by atoms with Crippen molar-refractivity contribution in [2.24, 2.45) is 0 Å². The molecule has 1 saturated heterocycles. The summed E-state index contributed by atoms with van der Waals surface area (Å²) in [7, 11) is -3.78. The fourth-order valence-electron chi connectivity index (χ4n) is 3.20. The number of para-hydroxylation sites is 1. The zero-order chi connectivity index (χ0) is 21.0. The second-order valence-corrected chi connectivity index (χ2v) is 8.75. The highest BCUT2D eigenvalue weighted by Crippen LogP contribution is 2.21. The van der Waals surface area contributed by atoms with Gasteiger partial charge in [-0.15, -0.1) is 0 Å². The van der Waals surface area contributed by atoms with Crippen molar-refractivity contribution >= 4 is 33.2 Å². The van der Waals surface area contributed by atoms with E-state index < -0.39 is 28.3 Å². The smallest absolute Gasteiger partial charge is 0.255 e. The van der Waals surface area contributed by atoms with E-state index in [-0.39, 0.29) is 11.6 Å². The molecule has 0 spiro atoms. The molecule has 1 aliphatic heterocycles. The van der Waals surface area contributed by atoms with Crippen molar-refractivity contribution < 1.29 is 22.4 Å². The molecule has 1 aliphatic rings. The van der Waals surface area contributed by atoms with Crippen LogP contribution in [0.2, 0.25) is 0 Å². The predicted octanol–water partition coefficient (Wildman–Crippen LogP) is 2.47. The van der Waals surface area contributed by atoms with Gasteiger partial charge in [0, 0.05) is 13.1 Å². The second-order valence-electron chi connectivity index (χ2n) is 6.84. The van der Waals surface area contributed by atoms with Crippen LogP contribution in [0.1, 0.15) is 23.2 Å². The zero-order valence-corrected chi connectivity index (χ0v) is 16.8. The van der Waals surface area contributed by atoms with E-state index in [2.05, 4.69) is 5.32 Å². The Morgan fingerprint density at radius 1 is 1.07 bits per heavy atom. The van der Waals surface area contributed by atoms with Gasteiger partial charge in [-0.25, -0.2) is 12.8 Å². The van der Waals surface area contributed by atoms with E-state index in [1.54, 1.807) is 29.2 Å². The monoisotopic (exact) mass is 419 g/mol. The van der Waals surface area contributed by atoms with Crippen LogP contribution in [-0.2, 0) is 14.8 Å². The number of hydrogen-bond acceptors (Lipinski definition) is 4. The highest BCUT2D eigenvalue weighted by Gasteiger charge is 2.24. The number of sulfonamides is 1. The summed E-state index contributed by atoms with van der Waals surface area (Å²) in [5.74, 6) is -1.29. The maximum absolute atomic E-state index is 13.2. The third-order valence-corrected chi connectivity index (χ3v) is 5.77. The average Bonchev–Trinajstić information content (AvgIpc) is 3.21. The van der Waals surface area contributed by atoms with Crippen LogP contribution < -0.4 is 9.62 Å². The quantitative estimate of drug-likeness (QED) is 0.779. The van der Waals surface area contributed by atoms with Gasteiger partial charge in [0.05, 0.1) is 23.2 Å². The van der Waals surface area contributed by atoms with E-state index >= 15 is 0 Å². The number of nitrogens with zero attached hydrogens (tertiary/aromatic N) is 2. The first-order valence-corrected chi connectivity index (χ1v) is 11.0. The number of benzene rings is 2. The van der Waals surface area contributed by atoms with Gasteiger partial charge in [-0.1, -0.05) is 12.1 Å². The molecule has 154 valence electrons. The Balaban J connectivity index is 1.79. The van der Waals surface area contributed by atoms with Crippen LogP contribution in [0.25, 0.3) is 0 Å². The van der Waals surface area contributed by atoms with Gasteiger partial charge in [-0.05, 0) is 49.2 Å². The van der Waals surface area contributed by atoms with Gasteiger partial charge in [0.15, 0.2) is 0 Å². The fourth-order valence-corrected chi connectivity index (χ4v) is 4.05. The van der Waals surface area contributed by atoms with E-state index in [1.165, 1.54) is 12.1 Å². The number of anilines is 2. The lowest BCUT2D eigenvalue weighted by Crippen LogP contribution is -2.38. The van der Waals surface area contributed by atoms with E-state index in [9.17, 15) is 22.4 Å². The van der Waals surface area contributed by atoms with Gasteiger partial charge in [-0.2, -0.15) is 0 Å². The average molecular weight is 419 g/mol. The molecule has 2 aromatic rings. The molecule has 29 heavy (non-hydrogen) atoms. The fraction of sp³-hybridized carbons (Fsp3) is 0.300. The van der Waals surface area contributed by atoms with Crippen molar-refractivity contribution in [2.45, 2.75) is 12.8 Å². The third kappa shape index (κ3) is 5.11. The normalized spacial score (nSPS) is 13.9. The molecule has 1 N–H and O–H groups in total. The molecule has 3 rings (SSSR count). The molecule has 0 aromatic heterocycles. The molecule has 2 amide bonds. The van der Waals surface area contributed by atoms with Gasteiger partial charge < -0.3 is 10.2 Å². The summed E-state index contributed by atoms with van der Waals surface area (Å²) in [4.78, 5) is 27.0. The molecular weight excluding hydrogens is 397 g/mol. The number of nitrogens with one attached hydrogen (secondary N) is 1. The van der Waals surface area contributed by atoms with Crippen LogP contribution in [-0.4, -0.2) is 51.0 Å². The molecule has 0 radical (unpaired) electrons. The van der Waals surface area contributed by atoms with Gasteiger partial charge in [-0.3, -0.25) is 13.9 Å². The van der Waals surface area contributed by atoms with Crippen molar-refractivity contribution in [1.29, 1.82) is 0 Å². The van der Waals surface area contributed by atoms with Crippen molar-refractivity contribution in [3.05, 3.63) is 59.9 Å². The van der Waals surface area contributed by atoms with Gasteiger partial charge >= 0.3 is 0 Å². The second kappa shape index (κ2) is 8.60. The number of hydrogen-bond donors (Lipinski definition) is 1. The Kier molecular flexibility index (Phi) is 6.17. The Bertz CT molecular complexity index is 1000. The number of carbonyl (C=O) groups is 2. The minimum atomic E-state index is -3.78. The Hall–Kier alpha value is -2.94. The van der Waals surface area contributed by atoms with E-state index in [0.29, 0.717) is 24.3 Å². The van der Waals surface area contributed by atoms with E-state index in [1.807, 2.05) is 0 Å². The molecule has 7 nitrogen and oxygen atoms in total. The Morgan fingerprint density at radius 2 is 1.69 bits per heavy atom. The van der Waals surface area contributed by atoms with Gasteiger partial charge in [0.1, 0.15) is 12.4 Å². The number of rotatable bonds is 6. The topological polar surface area (TPSA) is 86.8 Å². The SMILES string of the molecule is CS(=O)(=O)N(CC(=O)Nc1ccccc1C(=O)N1CCCC1)c1ccc(F)cc1. The first-order valence-electron chi connectivity index (χ1n) is 9.17. The van der Waals surface area contributed by atoms with E-state index in [0.717, 1.165) is 35.5 Å². The number of likely N-dealkylation sites (tertiary alicyclic amines) is 1. The number of halogens is 1. The standard InChI is InChI=1S/C20H22FN3O4S/c1-29(27,28)24(16-10-8-15(21)9-11-16)14-19(25)22-18-7-3-2-6-17(18)20(26)23-12-4-5-13-23/h2-3,6-11H,4-5,12-14H2,1H3,(H,22,25). The van der Waals surface area contributed by atoms with Crippen LogP contribution >= 0.6 is 0 Å². The molecular formula is C20H22FN3O4S. The van der Waals surface area contributed by atoms with Crippen LogP contribution in [0, 0.1) is 5.82 Å². The minimum Gasteiger partial charge on any atom is -0.339 e. The molecule has 0 unspecified atom stereocenters. The molecule has 1 heterocycles. The lowest BCUT2D eigenvalue weighted by molar-refractivity contribution is -0.114. The Morgan fingerprint density at radius 3 is 2.31 bits per heavy atom. The molecule has 0 aliphatic carbocycles. The maximum Gasteiger partial charge on any atom is 0.255 e. The molecule has 1 fully saturated rings. The number of amides is 2. The van der Waals surface area contributed by atoms with E-state index in [4.69, 9.17) is 0 Å². The van der Waals surface area contributed by atoms with Crippen molar-refractivity contribution in [3.63, 3.8) is 0 Å². The Labute approximate surface area is 169 Å². The summed E-state index contributed by atoms with van der Waals surface area (Å²) in [5, 5.41) is 2.63. The molecule has 0 atom stereocenters. The van der Waals surface area contributed by atoms with Crippen LogP contribution in [0.15, 0.2) is 48.5 Å². The largest absolute Gasteiger partial charge is 0.339 e. The predicted molar refractivity (Wildman–Crippen MR) is 109 cm³/mol. The summed E-state index contributed by atoms with van der Waals surface area (Å²) < 4.78 is 38.3. The zero-order valence-electron chi connectivity index (χ0n) is 16.0. The maximum atomic E-state index is 13.2. The summed E-state index contributed by atoms with van der Waals surface area (Å²) in [5.41, 5.74) is 0.850. The number of carbonyl (C=O) groups excluding carboxylic acids is 2. The first kappa shape index (κ1) is 20.8. The van der Waals surface area contributed by atoms with Crippen molar-refractivity contribution in [1.82, 2.24) is 4.90 Å². The molecule has 2 aromatic carbocycles. The van der Waals surface area contributed by atoms with Crippen molar-refractivity contribution in [3.8, 4) is 0 Å². The lowest BCUT2D eigenvalue weighted by Gasteiger charge is -2.22. The lowest BCUT2D eigenvalue weighted by atomic mass is 10.1. The van der Waals surface area contributed by atoms with Crippen LogP contribution in [0.5, 0.6) is 0 Å². The molecule has 0 saturated carbocycles.